The van der Waals surface area contributed by atoms with Crippen LogP contribution in [0.2, 0.25) is 0 Å². The molecular weight excluding hydrogens is 246 g/mol. The van der Waals surface area contributed by atoms with Gasteiger partial charge >= 0.3 is 0 Å². The van der Waals surface area contributed by atoms with Gasteiger partial charge in [-0.3, -0.25) is 4.98 Å². The van der Waals surface area contributed by atoms with Crippen LogP contribution < -0.4 is 5.32 Å². The molecule has 0 bridgehead atoms. The van der Waals surface area contributed by atoms with E-state index in [9.17, 15) is 0 Å². The van der Waals surface area contributed by atoms with Crippen LogP contribution in [-0.2, 0) is 0 Å². The van der Waals surface area contributed by atoms with Crippen molar-refractivity contribution in [1.29, 1.82) is 0 Å². The summed E-state index contributed by atoms with van der Waals surface area (Å²) >= 11 is 6.03. The van der Waals surface area contributed by atoms with Gasteiger partial charge in [0.25, 0.3) is 0 Å². The van der Waals surface area contributed by atoms with E-state index in [4.69, 9.17) is 11.6 Å². The summed E-state index contributed by atoms with van der Waals surface area (Å²) in [5, 5.41) is 3.35. The number of alkyl halides is 1. The van der Waals surface area contributed by atoms with Crippen LogP contribution in [0.15, 0.2) is 36.5 Å². The molecule has 0 spiro atoms. The largest absolute Gasteiger partial charge is 0.361 e. The summed E-state index contributed by atoms with van der Waals surface area (Å²) in [5.41, 5.74) is 2.92. The normalized spacial score (nSPS) is 12.2. The first kappa shape index (κ1) is 12.8. The molecule has 3 nitrogen and oxygen atoms in total. The number of benzene rings is 1. The number of hydrogen-bond donors (Lipinski definition) is 1. The molecule has 1 heterocycles. The number of aryl methyl sites for hydroxylation is 2. The minimum atomic E-state index is 0.0441. The Balaban J connectivity index is 2.23. The molecule has 0 aliphatic carbocycles. The molecule has 4 heteroatoms. The third kappa shape index (κ3) is 2.99. The Morgan fingerprint density at radius 1 is 1.22 bits per heavy atom. The highest BCUT2D eigenvalue weighted by Gasteiger charge is 2.12. The zero-order chi connectivity index (χ0) is 13.0. The zero-order valence-electron chi connectivity index (χ0n) is 10.5. The summed E-state index contributed by atoms with van der Waals surface area (Å²) in [5.74, 6) is 1.28. The maximum atomic E-state index is 6.03. The summed E-state index contributed by atoms with van der Waals surface area (Å²) in [7, 11) is 0. The molecule has 0 saturated heterocycles. The molecule has 94 valence electrons. The molecule has 1 aromatic heterocycles. The average molecular weight is 262 g/mol. The Hall–Kier alpha value is -1.61. The number of hydrogen-bond acceptors (Lipinski definition) is 3. The van der Waals surface area contributed by atoms with Gasteiger partial charge in [-0.2, -0.15) is 0 Å². The van der Waals surface area contributed by atoms with E-state index >= 15 is 0 Å². The number of nitrogens with zero attached hydrogens (tertiary/aromatic N) is 2. The number of anilines is 1. The van der Waals surface area contributed by atoms with Crippen LogP contribution in [0.5, 0.6) is 0 Å². The van der Waals surface area contributed by atoms with Gasteiger partial charge in [-0.05, 0) is 19.4 Å². The molecule has 2 rings (SSSR count). The first-order chi connectivity index (χ1) is 8.70. The Bertz CT molecular complexity index is 514. The second kappa shape index (κ2) is 5.83. The quantitative estimate of drug-likeness (QED) is 0.857. The standard InChI is InChI=1S/C14H16ClN3/c1-10-9-16-11(2)14(17-10)18-13(8-15)12-6-4-3-5-7-12/h3-7,9,13H,8H2,1-2H3,(H,17,18). The van der Waals surface area contributed by atoms with E-state index in [-0.39, 0.29) is 6.04 Å². The van der Waals surface area contributed by atoms with Gasteiger partial charge in [-0.25, -0.2) is 4.98 Å². The van der Waals surface area contributed by atoms with Gasteiger partial charge in [-0.15, -0.1) is 11.6 Å². The van der Waals surface area contributed by atoms with Crippen molar-refractivity contribution in [2.45, 2.75) is 19.9 Å². The molecule has 2 aromatic rings. The lowest BCUT2D eigenvalue weighted by atomic mass is 10.1. The Kier molecular flexibility index (Phi) is 4.15. The first-order valence-electron chi connectivity index (χ1n) is 5.88. The van der Waals surface area contributed by atoms with Crippen molar-refractivity contribution in [2.24, 2.45) is 0 Å². The van der Waals surface area contributed by atoms with Crippen LogP contribution in [0.4, 0.5) is 5.82 Å². The van der Waals surface area contributed by atoms with Crippen LogP contribution >= 0.6 is 11.6 Å². The highest BCUT2D eigenvalue weighted by molar-refractivity contribution is 6.18. The molecule has 1 N–H and O–H groups in total. The van der Waals surface area contributed by atoms with Crippen molar-refractivity contribution in [3.05, 3.63) is 53.5 Å². The fourth-order valence-electron chi connectivity index (χ4n) is 1.74. The lowest BCUT2D eigenvalue weighted by Crippen LogP contribution is -2.14. The van der Waals surface area contributed by atoms with Gasteiger partial charge in [-0.1, -0.05) is 30.3 Å². The van der Waals surface area contributed by atoms with E-state index in [1.165, 1.54) is 0 Å². The fourth-order valence-corrected chi connectivity index (χ4v) is 1.99. The Morgan fingerprint density at radius 3 is 2.61 bits per heavy atom. The van der Waals surface area contributed by atoms with Crippen LogP contribution in [0.25, 0.3) is 0 Å². The van der Waals surface area contributed by atoms with E-state index in [0.717, 1.165) is 22.8 Å². The van der Waals surface area contributed by atoms with E-state index in [0.29, 0.717) is 5.88 Å². The molecule has 0 fully saturated rings. The van der Waals surface area contributed by atoms with Crippen molar-refractivity contribution in [2.75, 3.05) is 11.2 Å². The van der Waals surface area contributed by atoms with E-state index in [1.807, 2.05) is 32.0 Å². The van der Waals surface area contributed by atoms with E-state index in [1.54, 1.807) is 6.20 Å². The van der Waals surface area contributed by atoms with Crippen LogP contribution in [0.3, 0.4) is 0 Å². The van der Waals surface area contributed by atoms with Crippen molar-refractivity contribution in [3.63, 3.8) is 0 Å². The number of aromatic nitrogens is 2. The first-order valence-corrected chi connectivity index (χ1v) is 6.42. The molecule has 1 aromatic carbocycles. The summed E-state index contributed by atoms with van der Waals surface area (Å²) in [4.78, 5) is 8.75. The fraction of sp³-hybridized carbons (Fsp3) is 0.286. The SMILES string of the molecule is Cc1cnc(C)c(NC(CCl)c2ccccc2)n1. The van der Waals surface area contributed by atoms with E-state index in [2.05, 4.69) is 27.4 Å². The Labute approximate surface area is 112 Å². The highest BCUT2D eigenvalue weighted by atomic mass is 35.5. The monoisotopic (exact) mass is 261 g/mol. The molecule has 1 atom stereocenters. The van der Waals surface area contributed by atoms with Crippen molar-refractivity contribution in [3.8, 4) is 0 Å². The molecule has 0 radical (unpaired) electrons. The Morgan fingerprint density at radius 2 is 1.94 bits per heavy atom. The van der Waals surface area contributed by atoms with Gasteiger partial charge < -0.3 is 5.32 Å². The van der Waals surface area contributed by atoms with E-state index < -0.39 is 0 Å². The smallest absolute Gasteiger partial charge is 0.148 e. The summed E-state index contributed by atoms with van der Waals surface area (Å²) < 4.78 is 0. The van der Waals surface area contributed by atoms with Gasteiger partial charge in [0.2, 0.25) is 0 Å². The minimum absolute atomic E-state index is 0.0441. The molecule has 1 unspecified atom stereocenters. The number of halogens is 1. The third-order valence-corrected chi connectivity index (χ3v) is 3.05. The van der Waals surface area contributed by atoms with Gasteiger partial charge in [0.1, 0.15) is 5.82 Å². The average Bonchev–Trinajstić information content (AvgIpc) is 2.41. The van der Waals surface area contributed by atoms with Crippen LogP contribution in [0, 0.1) is 13.8 Å². The van der Waals surface area contributed by atoms with Crippen molar-refractivity contribution < 1.29 is 0 Å². The molecule has 0 amide bonds. The third-order valence-electron chi connectivity index (χ3n) is 2.74. The highest BCUT2D eigenvalue weighted by Crippen LogP contribution is 2.21. The van der Waals surface area contributed by atoms with Gasteiger partial charge in [0, 0.05) is 12.1 Å². The lowest BCUT2D eigenvalue weighted by molar-refractivity contribution is 0.869. The maximum Gasteiger partial charge on any atom is 0.148 e. The molecular formula is C14H16ClN3. The van der Waals surface area contributed by atoms with Gasteiger partial charge in [0.05, 0.1) is 17.4 Å². The molecule has 0 aliphatic rings. The number of nitrogens with one attached hydrogen (secondary N) is 1. The summed E-state index contributed by atoms with van der Waals surface area (Å²) in [6.45, 7) is 3.86. The zero-order valence-corrected chi connectivity index (χ0v) is 11.3. The number of rotatable bonds is 4. The predicted octanol–water partition coefficient (Wildman–Crippen LogP) is 3.49. The minimum Gasteiger partial charge on any atom is -0.361 e. The lowest BCUT2D eigenvalue weighted by Gasteiger charge is -2.18. The second-order valence-corrected chi connectivity index (χ2v) is 4.52. The van der Waals surface area contributed by atoms with Crippen LogP contribution in [0.1, 0.15) is 23.0 Å². The van der Waals surface area contributed by atoms with Crippen molar-refractivity contribution in [1.82, 2.24) is 9.97 Å². The topological polar surface area (TPSA) is 37.8 Å². The summed E-state index contributed by atoms with van der Waals surface area (Å²) in [6.07, 6.45) is 1.76. The van der Waals surface area contributed by atoms with Gasteiger partial charge in [0.15, 0.2) is 0 Å². The molecule has 0 aliphatic heterocycles. The second-order valence-electron chi connectivity index (χ2n) is 4.21. The predicted molar refractivity (Wildman–Crippen MR) is 75.0 cm³/mol. The molecule has 0 saturated carbocycles. The summed E-state index contributed by atoms with van der Waals surface area (Å²) in [6, 6.07) is 10.2. The maximum absolute atomic E-state index is 6.03. The van der Waals surface area contributed by atoms with Crippen molar-refractivity contribution >= 4 is 17.4 Å². The van der Waals surface area contributed by atoms with Crippen LogP contribution in [-0.4, -0.2) is 15.8 Å². The molecule has 18 heavy (non-hydrogen) atoms.